The lowest BCUT2D eigenvalue weighted by Crippen LogP contribution is -2.39. The molecule has 0 aromatic rings. The van der Waals surface area contributed by atoms with Gasteiger partial charge in [0, 0.05) is 5.41 Å². The van der Waals surface area contributed by atoms with Crippen molar-refractivity contribution < 1.29 is 5.21 Å². The van der Waals surface area contributed by atoms with Crippen molar-refractivity contribution in [3.63, 3.8) is 0 Å². The van der Waals surface area contributed by atoms with Gasteiger partial charge in [-0.2, -0.15) is 0 Å². The molecule has 0 saturated heterocycles. The normalized spacial score (nSPS) is 50.3. The van der Waals surface area contributed by atoms with Gasteiger partial charge in [0.05, 0.1) is 11.8 Å². The van der Waals surface area contributed by atoms with E-state index in [1.165, 1.54) is 6.42 Å². The summed E-state index contributed by atoms with van der Waals surface area (Å²) in [5.74, 6) is 0.489. The lowest BCUT2D eigenvalue weighted by atomic mass is 9.70. The van der Waals surface area contributed by atoms with Crippen molar-refractivity contribution in [2.24, 2.45) is 27.6 Å². The highest BCUT2D eigenvalue weighted by Crippen LogP contribution is 2.63. The predicted octanol–water partition coefficient (Wildman–Crippen LogP) is 1.60. The summed E-state index contributed by atoms with van der Waals surface area (Å²) in [5.41, 5.74) is 7.07. The Labute approximate surface area is 79.0 Å². The molecule has 0 radical (unpaired) electrons. The van der Waals surface area contributed by atoms with Gasteiger partial charge in [-0.25, -0.2) is 0 Å². The molecule has 0 aromatic heterocycles. The molecule has 2 aliphatic carbocycles. The first-order valence-electron chi connectivity index (χ1n) is 4.93. The molecule has 2 aliphatic rings. The van der Waals surface area contributed by atoms with Crippen LogP contribution in [0.15, 0.2) is 5.16 Å². The Morgan fingerprint density at radius 2 is 2.08 bits per heavy atom. The lowest BCUT2D eigenvalue weighted by molar-refractivity contribution is 0.186. The van der Waals surface area contributed by atoms with Gasteiger partial charge in [-0.15, -0.1) is 0 Å². The zero-order valence-corrected chi connectivity index (χ0v) is 8.54. The zero-order chi connectivity index (χ0) is 9.85. The fourth-order valence-electron chi connectivity index (χ4n) is 3.36. The van der Waals surface area contributed by atoms with Gasteiger partial charge in [0.1, 0.15) is 0 Å². The van der Waals surface area contributed by atoms with Crippen LogP contribution < -0.4 is 5.73 Å². The summed E-state index contributed by atoms with van der Waals surface area (Å²) < 4.78 is 0. The van der Waals surface area contributed by atoms with Crippen LogP contribution in [0.2, 0.25) is 0 Å². The van der Waals surface area contributed by atoms with E-state index in [2.05, 4.69) is 25.9 Å². The third kappa shape index (κ3) is 0.766. The molecule has 74 valence electrons. The molecule has 2 bridgehead atoms. The van der Waals surface area contributed by atoms with Gasteiger partial charge in [-0.1, -0.05) is 25.9 Å². The van der Waals surface area contributed by atoms with Crippen LogP contribution in [0.1, 0.15) is 33.6 Å². The highest BCUT2D eigenvalue weighted by atomic mass is 16.4. The molecule has 0 heterocycles. The first-order valence-corrected chi connectivity index (χ1v) is 4.93. The topological polar surface area (TPSA) is 58.6 Å². The molecule has 3 atom stereocenters. The maximum absolute atomic E-state index is 8.96. The second kappa shape index (κ2) is 2.27. The quantitative estimate of drug-likeness (QED) is 0.441. The molecule has 2 saturated carbocycles. The number of rotatable bonds is 0. The van der Waals surface area contributed by atoms with E-state index in [0.29, 0.717) is 5.92 Å². The highest BCUT2D eigenvalue weighted by molar-refractivity contribution is 5.98. The summed E-state index contributed by atoms with van der Waals surface area (Å²) in [6, 6.07) is -0.0289. The van der Waals surface area contributed by atoms with Crippen LogP contribution in [-0.4, -0.2) is 17.0 Å². The molecule has 0 unspecified atom stereocenters. The Morgan fingerprint density at radius 3 is 2.38 bits per heavy atom. The van der Waals surface area contributed by atoms with Crippen LogP contribution in [-0.2, 0) is 0 Å². The van der Waals surface area contributed by atoms with Crippen molar-refractivity contribution in [3.8, 4) is 0 Å². The smallest absolute Gasteiger partial charge is 0.0804 e. The predicted molar refractivity (Wildman–Crippen MR) is 51.8 cm³/mol. The molecule has 0 aliphatic heterocycles. The van der Waals surface area contributed by atoms with Crippen molar-refractivity contribution in [2.75, 3.05) is 0 Å². The molecule has 0 amide bonds. The number of hydrogen-bond acceptors (Lipinski definition) is 3. The van der Waals surface area contributed by atoms with E-state index in [-0.39, 0.29) is 16.9 Å². The molecule has 0 aromatic carbocycles. The van der Waals surface area contributed by atoms with E-state index in [1.807, 2.05) is 0 Å². The minimum absolute atomic E-state index is 0.0197. The second-order valence-electron chi connectivity index (χ2n) is 5.21. The van der Waals surface area contributed by atoms with Gasteiger partial charge < -0.3 is 10.9 Å². The molecular formula is C10H18N2O. The standard InChI is InChI=1S/C10H18N2O/c1-9(2)6-4-5-10(9,3)8(12-13)7(6)11/h6-7,13H,4-5,11H2,1-3H3/b12-8+/t6-,7-,10+/m0/s1. The summed E-state index contributed by atoms with van der Waals surface area (Å²) in [6.45, 7) is 6.65. The van der Waals surface area contributed by atoms with Gasteiger partial charge in [0.2, 0.25) is 0 Å². The van der Waals surface area contributed by atoms with Crippen molar-refractivity contribution >= 4 is 5.71 Å². The Balaban J connectivity index is 2.52. The summed E-state index contributed by atoms with van der Waals surface area (Å²) in [7, 11) is 0. The van der Waals surface area contributed by atoms with Crippen molar-refractivity contribution in [1.82, 2.24) is 0 Å². The van der Waals surface area contributed by atoms with Crippen molar-refractivity contribution in [3.05, 3.63) is 0 Å². The third-order valence-corrected chi connectivity index (χ3v) is 4.73. The number of fused-ring (bicyclic) bond motifs is 2. The molecule has 2 rings (SSSR count). The number of oxime groups is 1. The summed E-state index contributed by atoms with van der Waals surface area (Å²) in [5, 5.41) is 12.4. The molecule has 13 heavy (non-hydrogen) atoms. The zero-order valence-electron chi connectivity index (χ0n) is 8.54. The van der Waals surface area contributed by atoms with E-state index in [4.69, 9.17) is 10.9 Å². The second-order valence-corrected chi connectivity index (χ2v) is 5.21. The third-order valence-electron chi connectivity index (χ3n) is 4.73. The fourth-order valence-corrected chi connectivity index (χ4v) is 3.36. The monoisotopic (exact) mass is 182 g/mol. The van der Waals surface area contributed by atoms with Gasteiger partial charge in [-0.05, 0) is 24.2 Å². The van der Waals surface area contributed by atoms with Gasteiger partial charge in [-0.3, -0.25) is 0 Å². The number of hydrogen-bond donors (Lipinski definition) is 2. The minimum atomic E-state index is -0.0289. The highest BCUT2D eigenvalue weighted by Gasteiger charge is 2.64. The Kier molecular flexibility index (Phi) is 1.57. The fraction of sp³-hybridized carbons (Fsp3) is 0.900. The summed E-state index contributed by atoms with van der Waals surface area (Å²) >= 11 is 0. The first-order chi connectivity index (χ1) is 5.95. The summed E-state index contributed by atoms with van der Waals surface area (Å²) in [4.78, 5) is 0. The number of nitrogens with zero attached hydrogens (tertiary/aromatic N) is 1. The van der Waals surface area contributed by atoms with E-state index in [9.17, 15) is 0 Å². The average molecular weight is 182 g/mol. The Hall–Kier alpha value is -0.570. The number of nitrogens with two attached hydrogens (primary N) is 1. The average Bonchev–Trinajstić information content (AvgIpc) is 2.32. The van der Waals surface area contributed by atoms with Crippen LogP contribution in [0.3, 0.4) is 0 Å². The van der Waals surface area contributed by atoms with Crippen LogP contribution >= 0.6 is 0 Å². The van der Waals surface area contributed by atoms with Crippen LogP contribution in [0.25, 0.3) is 0 Å². The largest absolute Gasteiger partial charge is 0.411 e. The van der Waals surface area contributed by atoms with Crippen molar-refractivity contribution in [2.45, 2.75) is 39.7 Å². The Bertz CT molecular complexity index is 272. The maximum atomic E-state index is 8.96. The molecule has 0 spiro atoms. The van der Waals surface area contributed by atoms with Gasteiger partial charge >= 0.3 is 0 Å². The van der Waals surface area contributed by atoms with Crippen molar-refractivity contribution in [1.29, 1.82) is 0 Å². The lowest BCUT2D eigenvalue weighted by Gasteiger charge is -2.33. The van der Waals surface area contributed by atoms with Crippen LogP contribution in [0, 0.1) is 16.7 Å². The van der Waals surface area contributed by atoms with Gasteiger partial charge in [0.25, 0.3) is 0 Å². The Morgan fingerprint density at radius 1 is 1.46 bits per heavy atom. The summed E-state index contributed by atoms with van der Waals surface area (Å²) in [6.07, 6.45) is 2.28. The molecular weight excluding hydrogens is 164 g/mol. The van der Waals surface area contributed by atoms with Crippen LogP contribution in [0.4, 0.5) is 0 Å². The van der Waals surface area contributed by atoms with E-state index >= 15 is 0 Å². The molecule has 3 N–H and O–H groups in total. The first kappa shape index (κ1) is 9.00. The molecule has 3 heteroatoms. The van der Waals surface area contributed by atoms with Gasteiger partial charge in [0.15, 0.2) is 0 Å². The molecule has 3 nitrogen and oxygen atoms in total. The molecule has 2 fully saturated rings. The minimum Gasteiger partial charge on any atom is -0.411 e. The van der Waals surface area contributed by atoms with Crippen LogP contribution in [0.5, 0.6) is 0 Å². The SMILES string of the molecule is CC1(C)[C@H]2CC[C@]1(C)/C(=N/O)[C@H]2N. The van der Waals surface area contributed by atoms with E-state index in [0.717, 1.165) is 12.1 Å². The van der Waals surface area contributed by atoms with E-state index < -0.39 is 0 Å². The maximum Gasteiger partial charge on any atom is 0.0804 e. The van der Waals surface area contributed by atoms with E-state index in [1.54, 1.807) is 0 Å².